The Labute approximate surface area is 208 Å². The number of hydrogen-bond donors (Lipinski definition) is 2. The van der Waals surface area contributed by atoms with Crippen molar-refractivity contribution in [2.75, 3.05) is 39.8 Å². The van der Waals surface area contributed by atoms with Crippen molar-refractivity contribution >= 4 is 18.0 Å². The minimum absolute atomic E-state index is 0.0203. The molecule has 2 unspecified atom stereocenters. The largest absolute Gasteiger partial charge is 0.463 e. The molecule has 2 heterocycles. The van der Waals surface area contributed by atoms with Gasteiger partial charge in [0, 0.05) is 50.5 Å². The van der Waals surface area contributed by atoms with E-state index in [9.17, 15) is 14.4 Å². The summed E-state index contributed by atoms with van der Waals surface area (Å²) in [6, 6.07) is 6.82. The lowest BCUT2D eigenvalue weighted by Gasteiger charge is -2.43. The molecule has 2 aliphatic rings. The molecular formula is C26H39N5O4. The van der Waals surface area contributed by atoms with E-state index in [0.717, 1.165) is 11.1 Å². The van der Waals surface area contributed by atoms with Gasteiger partial charge in [0.05, 0.1) is 18.2 Å². The summed E-state index contributed by atoms with van der Waals surface area (Å²) in [7, 11) is 1.67. The number of nitrogens with zero attached hydrogens (tertiary/aromatic N) is 3. The Hall–Kier alpha value is -3.07. The highest BCUT2D eigenvalue weighted by Gasteiger charge is 2.38. The Balaban J connectivity index is 1.89. The number of likely N-dealkylation sites (N-methyl/N-ethyl adjacent to an activating group) is 1. The number of amides is 4. The second-order valence-electron chi connectivity index (χ2n) is 10.4. The Bertz CT molecular complexity index is 1000. The number of carbonyl (C=O) groups excluding carboxylic acids is 3. The van der Waals surface area contributed by atoms with Crippen LogP contribution in [0, 0.1) is 6.92 Å². The number of hydrogen-bond acceptors (Lipinski definition) is 5. The van der Waals surface area contributed by atoms with Crippen LogP contribution >= 0.6 is 0 Å². The van der Waals surface area contributed by atoms with Crippen LogP contribution in [0.4, 0.5) is 9.59 Å². The molecule has 4 amide bonds. The maximum absolute atomic E-state index is 13.2. The summed E-state index contributed by atoms with van der Waals surface area (Å²) in [6.45, 7) is 14.1. The highest BCUT2D eigenvalue weighted by Crippen LogP contribution is 2.32. The van der Waals surface area contributed by atoms with Gasteiger partial charge in [-0.2, -0.15) is 0 Å². The molecule has 1 aromatic rings. The molecule has 0 saturated carbocycles. The van der Waals surface area contributed by atoms with Crippen molar-refractivity contribution in [2.24, 2.45) is 0 Å². The molecule has 192 valence electrons. The second kappa shape index (κ2) is 10.7. The van der Waals surface area contributed by atoms with Crippen LogP contribution in [0.25, 0.3) is 0 Å². The zero-order valence-electron chi connectivity index (χ0n) is 22.0. The van der Waals surface area contributed by atoms with E-state index in [2.05, 4.69) is 15.5 Å². The summed E-state index contributed by atoms with van der Waals surface area (Å²) < 4.78 is 5.43. The maximum Gasteiger partial charge on any atom is 0.338 e. The highest BCUT2D eigenvalue weighted by atomic mass is 16.5. The zero-order valence-corrected chi connectivity index (χ0v) is 22.0. The number of urea groups is 2. The van der Waals surface area contributed by atoms with Crippen molar-refractivity contribution in [2.45, 2.75) is 59.2 Å². The predicted octanol–water partition coefficient (Wildman–Crippen LogP) is 3.02. The first kappa shape index (κ1) is 26.5. The topological polar surface area (TPSA) is 94.2 Å². The number of ether oxygens (including phenoxy) is 1. The standard InChI is InChI=1S/C26H39N5O4/c1-8-35-23(32)21-20(29(7)24(33)27-22(21)19-11-9-10-17(2)14-19)16-30-12-13-31(18(3)15-30)25(34)28-26(4,5)6/h9-11,14,18,22H,8,12-13,15-16H2,1-7H3,(H,27,33)(H,28,34). The van der Waals surface area contributed by atoms with Crippen molar-refractivity contribution in [1.29, 1.82) is 0 Å². The normalized spacial score (nSPS) is 21.6. The summed E-state index contributed by atoms with van der Waals surface area (Å²) in [4.78, 5) is 44.3. The first-order valence-electron chi connectivity index (χ1n) is 12.2. The molecule has 1 aromatic carbocycles. The molecule has 9 nitrogen and oxygen atoms in total. The van der Waals surface area contributed by atoms with Gasteiger partial charge in [0.1, 0.15) is 0 Å². The van der Waals surface area contributed by atoms with Gasteiger partial charge in [-0.15, -0.1) is 0 Å². The van der Waals surface area contributed by atoms with Crippen molar-refractivity contribution in [1.82, 2.24) is 25.3 Å². The van der Waals surface area contributed by atoms with E-state index in [1.54, 1.807) is 14.0 Å². The molecule has 0 spiro atoms. The Morgan fingerprint density at radius 1 is 1.23 bits per heavy atom. The number of esters is 1. The first-order valence-corrected chi connectivity index (χ1v) is 12.2. The molecule has 1 saturated heterocycles. The van der Waals surface area contributed by atoms with E-state index in [1.165, 1.54) is 4.90 Å². The summed E-state index contributed by atoms with van der Waals surface area (Å²) in [6.07, 6.45) is 0. The fourth-order valence-corrected chi connectivity index (χ4v) is 4.58. The average molecular weight is 486 g/mol. The van der Waals surface area contributed by atoms with Crippen LogP contribution in [0.5, 0.6) is 0 Å². The van der Waals surface area contributed by atoms with E-state index < -0.39 is 12.0 Å². The predicted molar refractivity (Wildman–Crippen MR) is 135 cm³/mol. The van der Waals surface area contributed by atoms with Gasteiger partial charge in [-0.1, -0.05) is 29.8 Å². The van der Waals surface area contributed by atoms with E-state index >= 15 is 0 Å². The van der Waals surface area contributed by atoms with Crippen LogP contribution in [0.1, 0.15) is 51.8 Å². The molecule has 3 rings (SSSR count). The molecule has 0 radical (unpaired) electrons. The van der Waals surface area contributed by atoms with Crippen LogP contribution in [0.2, 0.25) is 0 Å². The van der Waals surface area contributed by atoms with Crippen LogP contribution < -0.4 is 10.6 Å². The van der Waals surface area contributed by atoms with Crippen LogP contribution in [-0.4, -0.2) is 84.1 Å². The fraction of sp³-hybridized carbons (Fsp3) is 0.577. The lowest BCUT2D eigenvalue weighted by atomic mass is 9.93. The third-order valence-corrected chi connectivity index (χ3v) is 6.28. The van der Waals surface area contributed by atoms with Gasteiger partial charge >= 0.3 is 18.0 Å². The third-order valence-electron chi connectivity index (χ3n) is 6.28. The van der Waals surface area contributed by atoms with Gasteiger partial charge < -0.3 is 20.3 Å². The quantitative estimate of drug-likeness (QED) is 0.626. The van der Waals surface area contributed by atoms with E-state index in [-0.39, 0.29) is 30.2 Å². The van der Waals surface area contributed by atoms with Gasteiger partial charge in [0.2, 0.25) is 0 Å². The minimum atomic E-state index is -0.594. The number of piperazine rings is 1. The molecule has 2 N–H and O–H groups in total. The van der Waals surface area contributed by atoms with Gasteiger partial charge in [-0.25, -0.2) is 14.4 Å². The lowest BCUT2D eigenvalue weighted by molar-refractivity contribution is -0.139. The number of nitrogens with one attached hydrogen (secondary N) is 2. The molecule has 35 heavy (non-hydrogen) atoms. The van der Waals surface area contributed by atoms with E-state index in [1.807, 2.05) is 63.8 Å². The van der Waals surface area contributed by atoms with Crippen LogP contribution in [0.15, 0.2) is 35.5 Å². The Morgan fingerprint density at radius 2 is 1.94 bits per heavy atom. The Morgan fingerprint density at radius 3 is 2.54 bits per heavy atom. The van der Waals surface area contributed by atoms with Crippen molar-refractivity contribution < 1.29 is 19.1 Å². The van der Waals surface area contributed by atoms with Gasteiger partial charge in [0.15, 0.2) is 0 Å². The SMILES string of the molecule is CCOC(=O)C1=C(CN2CCN(C(=O)NC(C)(C)C)C(C)C2)N(C)C(=O)NC1c1cccc(C)c1. The van der Waals surface area contributed by atoms with Gasteiger partial charge in [-0.05, 0) is 47.1 Å². The molecule has 0 aromatic heterocycles. The van der Waals surface area contributed by atoms with E-state index in [0.29, 0.717) is 37.4 Å². The summed E-state index contributed by atoms with van der Waals surface area (Å²) in [5.74, 6) is -0.433. The highest BCUT2D eigenvalue weighted by molar-refractivity contribution is 5.95. The molecule has 0 aliphatic carbocycles. The van der Waals surface area contributed by atoms with Crippen LogP contribution in [-0.2, 0) is 9.53 Å². The van der Waals surface area contributed by atoms with Crippen molar-refractivity contribution in [3.05, 3.63) is 46.7 Å². The lowest BCUT2D eigenvalue weighted by Crippen LogP contribution is -2.59. The zero-order chi connectivity index (χ0) is 25.9. The van der Waals surface area contributed by atoms with Gasteiger partial charge in [-0.3, -0.25) is 9.80 Å². The van der Waals surface area contributed by atoms with E-state index in [4.69, 9.17) is 4.74 Å². The van der Waals surface area contributed by atoms with Crippen molar-refractivity contribution in [3.8, 4) is 0 Å². The number of aryl methyl sites for hydroxylation is 1. The fourth-order valence-electron chi connectivity index (χ4n) is 4.58. The van der Waals surface area contributed by atoms with Gasteiger partial charge in [0.25, 0.3) is 0 Å². The second-order valence-corrected chi connectivity index (χ2v) is 10.4. The summed E-state index contributed by atoms with van der Waals surface area (Å²) in [5, 5.41) is 6.00. The number of benzene rings is 1. The summed E-state index contributed by atoms with van der Waals surface area (Å²) >= 11 is 0. The maximum atomic E-state index is 13.2. The van der Waals surface area contributed by atoms with Crippen molar-refractivity contribution in [3.63, 3.8) is 0 Å². The molecule has 1 fully saturated rings. The molecule has 2 atom stereocenters. The third kappa shape index (κ3) is 6.33. The molecule has 2 aliphatic heterocycles. The molecule has 0 bridgehead atoms. The first-order chi connectivity index (χ1) is 16.4. The minimum Gasteiger partial charge on any atom is -0.463 e. The number of rotatable bonds is 5. The summed E-state index contributed by atoms with van der Waals surface area (Å²) in [5.41, 5.74) is 2.64. The van der Waals surface area contributed by atoms with Crippen LogP contribution in [0.3, 0.4) is 0 Å². The Kier molecular flexibility index (Phi) is 8.10. The monoisotopic (exact) mass is 485 g/mol. The smallest absolute Gasteiger partial charge is 0.338 e. The number of carbonyl (C=O) groups is 3. The molecular weight excluding hydrogens is 446 g/mol. The molecule has 9 heteroatoms. The average Bonchev–Trinajstić information content (AvgIpc) is 2.75.